The van der Waals surface area contributed by atoms with Gasteiger partial charge >= 0.3 is 5.97 Å². The van der Waals surface area contributed by atoms with E-state index in [-0.39, 0.29) is 19.7 Å². The zero-order valence-corrected chi connectivity index (χ0v) is 11.2. The van der Waals surface area contributed by atoms with Crippen molar-refractivity contribution in [3.63, 3.8) is 0 Å². The third-order valence-electron chi connectivity index (χ3n) is 1.84. The summed E-state index contributed by atoms with van der Waals surface area (Å²) in [6.45, 7) is 2.18. The largest absolute Gasteiger partial charge is 0.464 e. The van der Waals surface area contributed by atoms with Gasteiger partial charge in [-0.1, -0.05) is 0 Å². The molecule has 0 bridgehead atoms. The Bertz CT molecular complexity index is 382. The van der Waals surface area contributed by atoms with Gasteiger partial charge in [0.15, 0.2) is 6.04 Å². The Morgan fingerprint density at radius 2 is 1.94 bits per heavy atom. The van der Waals surface area contributed by atoms with Crippen LogP contribution in [0.3, 0.4) is 0 Å². The lowest BCUT2D eigenvalue weighted by molar-refractivity contribution is -0.147. The Morgan fingerprint density at radius 1 is 1.33 bits per heavy atom. The summed E-state index contributed by atoms with van der Waals surface area (Å²) in [7, 11) is -3.22. The minimum absolute atomic E-state index is 0.151. The van der Waals surface area contributed by atoms with E-state index in [2.05, 4.69) is 14.8 Å². The van der Waals surface area contributed by atoms with Gasteiger partial charge < -0.3 is 15.8 Å². The number of rotatable bonds is 8. The molecule has 1 amide bonds. The van der Waals surface area contributed by atoms with Crippen molar-refractivity contribution in [3.05, 3.63) is 0 Å². The molecule has 0 saturated heterocycles. The van der Waals surface area contributed by atoms with Gasteiger partial charge in [-0.05, 0) is 13.3 Å². The molecule has 0 fully saturated rings. The molecule has 1 unspecified atom stereocenters. The predicted octanol–water partition coefficient (Wildman–Crippen LogP) is -2.07. The van der Waals surface area contributed by atoms with Crippen LogP contribution < -0.4 is 15.8 Å². The molecular formula is C9H19N3O5S. The fourth-order valence-electron chi connectivity index (χ4n) is 1.01. The minimum atomic E-state index is -3.22. The molecule has 0 aromatic carbocycles. The van der Waals surface area contributed by atoms with Crippen molar-refractivity contribution in [1.82, 2.24) is 10.0 Å². The smallest absolute Gasteiger partial charge is 0.332 e. The van der Waals surface area contributed by atoms with Crippen LogP contribution in [0, 0.1) is 0 Å². The molecule has 4 N–H and O–H groups in total. The van der Waals surface area contributed by atoms with E-state index in [1.54, 1.807) is 6.92 Å². The Hall–Kier alpha value is -1.19. The van der Waals surface area contributed by atoms with E-state index in [1.165, 1.54) is 0 Å². The fourth-order valence-corrected chi connectivity index (χ4v) is 1.52. The van der Waals surface area contributed by atoms with Crippen LogP contribution in [0.1, 0.15) is 13.3 Å². The number of nitrogens with one attached hydrogen (secondary N) is 2. The molecular weight excluding hydrogens is 262 g/mol. The highest BCUT2D eigenvalue weighted by molar-refractivity contribution is 7.88. The van der Waals surface area contributed by atoms with Gasteiger partial charge in [0.05, 0.1) is 12.9 Å². The standard InChI is InChI=1S/C9H19N3O5S/c1-3-17-9(14)7(10)8(13)11-5-4-6-12-18(2,15)16/h7,12H,3-6,10H2,1-2H3,(H,11,13). The van der Waals surface area contributed by atoms with Crippen molar-refractivity contribution in [3.8, 4) is 0 Å². The van der Waals surface area contributed by atoms with E-state index in [4.69, 9.17) is 5.73 Å². The zero-order valence-electron chi connectivity index (χ0n) is 10.4. The number of esters is 1. The number of carbonyl (C=O) groups excluding carboxylic acids is 2. The van der Waals surface area contributed by atoms with Gasteiger partial charge in [-0.3, -0.25) is 4.79 Å². The molecule has 0 saturated carbocycles. The topological polar surface area (TPSA) is 128 Å². The van der Waals surface area contributed by atoms with Gasteiger partial charge in [-0.2, -0.15) is 0 Å². The molecule has 18 heavy (non-hydrogen) atoms. The molecule has 9 heteroatoms. The van der Waals surface area contributed by atoms with Crippen LogP contribution in [-0.2, 0) is 24.3 Å². The normalized spacial score (nSPS) is 12.8. The van der Waals surface area contributed by atoms with Crippen LogP contribution >= 0.6 is 0 Å². The summed E-state index contributed by atoms with van der Waals surface area (Å²) in [6.07, 6.45) is 1.44. The van der Waals surface area contributed by atoms with Gasteiger partial charge in [0.1, 0.15) is 0 Å². The molecule has 0 aromatic heterocycles. The zero-order chi connectivity index (χ0) is 14.2. The van der Waals surface area contributed by atoms with Crippen LogP contribution in [0.2, 0.25) is 0 Å². The quantitative estimate of drug-likeness (QED) is 0.266. The molecule has 0 heterocycles. The van der Waals surface area contributed by atoms with Crippen LogP contribution in [0.25, 0.3) is 0 Å². The van der Waals surface area contributed by atoms with Crippen molar-refractivity contribution < 1.29 is 22.7 Å². The first-order valence-electron chi connectivity index (χ1n) is 5.42. The van der Waals surface area contributed by atoms with Gasteiger partial charge in [-0.15, -0.1) is 0 Å². The van der Waals surface area contributed by atoms with Crippen molar-refractivity contribution in [2.45, 2.75) is 19.4 Å². The highest BCUT2D eigenvalue weighted by atomic mass is 32.2. The number of carbonyl (C=O) groups is 2. The molecule has 0 aliphatic rings. The number of nitrogens with two attached hydrogens (primary N) is 1. The molecule has 0 aliphatic heterocycles. The van der Waals surface area contributed by atoms with E-state index >= 15 is 0 Å². The van der Waals surface area contributed by atoms with Crippen molar-refractivity contribution in [1.29, 1.82) is 0 Å². The van der Waals surface area contributed by atoms with Crippen LogP contribution in [0.4, 0.5) is 0 Å². The first kappa shape index (κ1) is 16.8. The second kappa shape index (κ2) is 8.01. The summed E-state index contributed by atoms with van der Waals surface area (Å²) in [5.74, 6) is -1.43. The lowest BCUT2D eigenvalue weighted by Crippen LogP contribution is -2.47. The number of hydrogen-bond donors (Lipinski definition) is 3. The molecule has 106 valence electrons. The molecule has 0 aromatic rings. The SMILES string of the molecule is CCOC(=O)C(N)C(=O)NCCCNS(C)(=O)=O. The molecule has 0 radical (unpaired) electrons. The summed E-state index contributed by atoms with van der Waals surface area (Å²) in [5.41, 5.74) is 5.33. The van der Waals surface area contributed by atoms with Gasteiger partial charge in [-0.25, -0.2) is 17.9 Å². The van der Waals surface area contributed by atoms with Gasteiger partial charge in [0.2, 0.25) is 15.9 Å². The molecule has 0 rings (SSSR count). The van der Waals surface area contributed by atoms with Crippen molar-refractivity contribution in [2.24, 2.45) is 5.73 Å². The van der Waals surface area contributed by atoms with E-state index in [9.17, 15) is 18.0 Å². The van der Waals surface area contributed by atoms with E-state index < -0.39 is 27.9 Å². The second-order valence-electron chi connectivity index (χ2n) is 3.54. The fraction of sp³-hybridized carbons (Fsp3) is 0.778. The Labute approximate surface area is 106 Å². The third-order valence-corrected chi connectivity index (χ3v) is 2.57. The van der Waals surface area contributed by atoms with E-state index in [1.807, 2.05) is 0 Å². The van der Waals surface area contributed by atoms with Crippen LogP contribution in [-0.4, -0.2) is 52.3 Å². The summed E-state index contributed by atoms with van der Waals surface area (Å²) >= 11 is 0. The van der Waals surface area contributed by atoms with Gasteiger partial charge in [0, 0.05) is 13.1 Å². The number of ether oxygens (including phenoxy) is 1. The lowest BCUT2D eigenvalue weighted by Gasteiger charge is -2.11. The average Bonchev–Trinajstić information content (AvgIpc) is 2.26. The summed E-state index contributed by atoms with van der Waals surface area (Å²) in [6, 6.07) is -1.35. The predicted molar refractivity (Wildman–Crippen MR) is 65.1 cm³/mol. The highest BCUT2D eigenvalue weighted by Crippen LogP contribution is 1.87. The monoisotopic (exact) mass is 281 g/mol. The van der Waals surface area contributed by atoms with Crippen molar-refractivity contribution >= 4 is 21.9 Å². The maximum atomic E-state index is 11.3. The molecule has 0 aliphatic carbocycles. The van der Waals surface area contributed by atoms with Crippen molar-refractivity contribution in [2.75, 3.05) is 26.0 Å². The summed E-state index contributed by atoms with van der Waals surface area (Å²) in [4.78, 5) is 22.4. The number of hydrogen-bond acceptors (Lipinski definition) is 6. The maximum Gasteiger partial charge on any atom is 0.332 e. The number of amides is 1. The lowest BCUT2D eigenvalue weighted by atomic mass is 10.3. The maximum absolute atomic E-state index is 11.3. The summed E-state index contributed by atoms with van der Waals surface area (Å²) in [5, 5.41) is 2.41. The van der Waals surface area contributed by atoms with E-state index in [0.717, 1.165) is 6.26 Å². The third kappa shape index (κ3) is 7.98. The molecule has 1 atom stereocenters. The molecule has 8 nitrogen and oxygen atoms in total. The average molecular weight is 281 g/mol. The molecule has 0 spiro atoms. The van der Waals surface area contributed by atoms with Crippen LogP contribution in [0.15, 0.2) is 0 Å². The number of sulfonamides is 1. The highest BCUT2D eigenvalue weighted by Gasteiger charge is 2.22. The first-order chi connectivity index (χ1) is 8.28. The summed E-state index contributed by atoms with van der Waals surface area (Å²) < 4.78 is 28.3. The Balaban J connectivity index is 3.80. The Morgan fingerprint density at radius 3 is 2.44 bits per heavy atom. The first-order valence-corrected chi connectivity index (χ1v) is 7.31. The van der Waals surface area contributed by atoms with Gasteiger partial charge in [0.25, 0.3) is 0 Å². The second-order valence-corrected chi connectivity index (χ2v) is 5.37. The van der Waals surface area contributed by atoms with Crippen LogP contribution in [0.5, 0.6) is 0 Å². The van der Waals surface area contributed by atoms with E-state index in [0.29, 0.717) is 6.42 Å². The Kier molecular flexibility index (Phi) is 7.48. The minimum Gasteiger partial charge on any atom is -0.464 e.